The molecule has 0 aromatic rings. The number of hydrogen-bond donors (Lipinski definition) is 1. The number of hydrogen-bond acceptors (Lipinski definition) is 3. The van der Waals surface area contributed by atoms with Crippen molar-refractivity contribution >= 4 is 11.7 Å². The maximum atomic E-state index is 12.0. The Hall–Kier alpha value is -0.900. The number of ketones is 1. The lowest BCUT2D eigenvalue weighted by Crippen LogP contribution is -2.65. The van der Waals surface area contributed by atoms with Crippen LogP contribution in [0.1, 0.15) is 44.9 Å². The lowest BCUT2D eigenvalue weighted by molar-refractivity contribution is -0.179. The molecule has 1 amide bonds. The molecule has 0 radical (unpaired) electrons. The number of rotatable bonds is 1. The Balaban J connectivity index is 1.71. The SMILES string of the molecule is O=C1CC(=O)N(C23CC4CC(CC(O)(C4)C2)C3)C1. The van der Waals surface area contributed by atoms with Crippen LogP contribution in [0.25, 0.3) is 0 Å². The molecule has 98 valence electrons. The van der Waals surface area contributed by atoms with Gasteiger partial charge >= 0.3 is 0 Å². The lowest BCUT2D eigenvalue weighted by atomic mass is 9.50. The molecule has 4 bridgehead atoms. The van der Waals surface area contributed by atoms with Crippen molar-refractivity contribution in [2.45, 2.75) is 56.1 Å². The van der Waals surface area contributed by atoms with Crippen molar-refractivity contribution in [3.63, 3.8) is 0 Å². The van der Waals surface area contributed by atoms with Crippen LogP contribution in [-0.4, -0.2) is 39.4 Å². The van der Waals surface area contributed by atoms with Gasteiger partial charge in [0, 0.05) is 5.54 Å². The van der Waals surface area contributed by atoms with Crippen LogP contribution >= 0.6 is 0 Å². The summed E-state index contributed by atoms with van der Waals surface area (Å²) in [6.07, 6.45) is 5.81. The lowest BCUT2D eigenvalue weighted by Gasteiger charge is -2.62. The molecule has 5 rings (SSSR count). The summed E-state index contributed by atoms with van der Waals surface area (Å²) in [5.41, 5.74) is -0.752. The van der Waals surface area contributed by atoms with Crippen molar-refractivity contribution in [1.29, 1.82) is 0 Å². The van der Waals surface area contributed by atoms with Crippen molar-refractivity contribution in [3.8, 4) is 0 Å². The molecule has 1 heterocycles. The van der Waals surface area contributed by atoms with Crippen LogP contribution in [0.4, 0.5) is 0 Å². The molecule has 18 heavy (non-hydrogen) atoms. The number of nitrogens with zero attached hydrogens (tertiary/aromatic N) is 1. The number of likely N-dealkylation sites (tertiary alicyclic amines) is 1. The molecule has 1 N–H and O–H groups in total. The van der Waals surface area contributed by atoms with Crippen molar-refractivity contribution < 1.29 is 14.7 Å². The zero-order valence-corrected chi connectivity index (χ0v) is 10.5. The van der Waals surface area contributed by atoms with E-state index in [0.29, 0.717) is 18.3 Å². The number of carbonyl (C=O) groups excluding carboxylic acids is 2. The largest absolute Gasteiger partial charge is 0.390 e. The van der Waals surface area contributed by atoms with E-state index in [9.17, 15) is 14.7 Å². The quantitative estimate of drug-likeness (QED) is 0.702. The molecular weight excluding hydrogens is 230 g/mol. The fraction of sp³-hybridized carbons (Fsp3) is 0.857. The fourth-order valence-electron chi connectivity index (χ4n) is 5.50. The Kier molecular flexibility index (Phi) is 1.92. The van der Waals surface area contributed by atoms with Crippen molar-refractivity contribution in [2.24, 2.45) is 11.8 Å². The second kappa shape index (κ2) is 3.16. The second-order valence-electron chi connectivity index (χ2n) is 7.11. The van der Waals surface area contributed by atoms with Crippen LogP contribution in [0.5, 0.6) is 0 Å². The van der Waals surface area contributed by atoms with Gasteiger partial charge in [-0.2, -0.15) is 0 Å². The van der Waals surface area contributed by atoms with Gasteiger partial charge in [0.2, 0.25) is 5.91 Å². The van der Waals surface area contributed by atoms with Gasteiger partial charge in [-0.25, -0.2) is 0 Å². The van der Waals surface area contributed by atoms with E-state index in [1.165, 1.54) is 6.42 Å². The van der Waals surface area contributed by atoms with Crippen LogP contribution in [0.2, 0.25) is 0 Å². The fourth-order valence-corrected chi connectivity index (χ4v) is 5.50. The molecule has 5 aliphatic rings. The third kappa shape index (κ3) is 1.35. The summed E-state index contributed by atoms with van der Waals surface area (Å²) in [4.78, 5) is 25.4. The van der Waals surface area contributed by atoms with Crippen LogP contribution in [0.3, 0.4) is 0 Å². The van der Waals surface area contributed by atoms with Crippen LogP contribution in [0, 0.1) is 11.8 Å². The maximum absolute atomic E-state index is 12.0. The molecule has 0 aromatic heterocycles. The van der Waals surface area contributed by atoms with Gasteiger partial charge in [0.1, 0.15) is 0 Å². The maximum Gasteiger partial charge on any atom is 0.230 e. The first kappa shape index (κ1) is 11.0. The zero-order valence-electron chi connectivity index (χ0n) is 10.5. The average molecular weight is 249 g/mol. The molecule has 2 unspecified atom stereocenters. The Labute approximate surface area is 106 Å². The van der Waals surface area contributed by atoms with E-state index in [0.717, 1.165) is 25.7 Å². The summed E-state index contributed by atoms with van der Waals surface area (Å²) in [7, 11) is 0. The summed E-state index contributed by atoms with van der Waals surface area (Å²) in [6.45, 7) is 0.286. The van der Waals surface area contributed by atoms with Gasteiger partial charge < -0.3 is 10.0 Å². The molecule has 4 aliphatic carbocycles. The monoisotopic (exact) mass is 249 g/mol. The molecule has 5 fully saturated rings. The van der Waals surface area contributed by atoms with E-state index in [-0.39, 0.29) is 30.2 Å². The van der Waals surface area contributed by atoms with E-state index in [2.05, 4.69) is 0 Å². The summed E-state index contributed by atoms with van der Waals surface area (Å²) in [5.74, 6) is 1.15. The van der Waals surface area contributed by atoms with E-state index in [1.807, 2.05) is 4.90 Å². The van der Waals surface area contributed by atoms with Gasteiger partial charge in [0.15, 0.2) is 5.78 Å². The number of carbonyl (C=O) groups is 2. The minimum absolute atomic E-state index is 0.00875. The number of amides is 1. The van der Waals surface area contributed by atoms with Gasteiger partial charge in [-0.1, -0.05) is 0 Å². The first-order valence-electron chi connectivity index (χ1n) is 7.03. The molecule has 4 nitrogen and oxygen atoms in total. The van der Waals surface area contributed by atoms with Gasteiger partial charge in [-0.15, -0.1) is 0 Å². The molecule has 4 heteroatoms. The standard InChI is InChI=1S/C14H19NO3/c16-11-2-12(17)15(7-11)13-3-9-1-10(4-13)6-14(18,5-9)8-13/h9-10,18H,1-8H2. The highest BCUT2D eigenvalue weighted by Gasteiger charge is 2.60. The molecule has 4 saturated carbocycles. The molecule has 1 aliphatic heterocycles. The second-order valence-corrected chi connectivity index (χ2v) is 7.11. The molecule has 0 aromatic carbocycles. The number of aliphatic hydroxyl groups is 1. The molecule has 1 saturated heterocycles. The van der Waals surface area contributed by atoms with Crippen LogP contribution < -0.4 is 0 Å². The Morgan fingerprint density at radius 1 is 1.11 bits per heavy atom. The van der Waals surface area contributed by atoms with Gasteiger partial charge in [-0.05, 0) is 50.4 Å². The van der Waals surface area contributed by atoms with E-state index >= 15 is 0 Å². The van der Waals surface area contributed by atoms with E-state index in [1.54, 1.807) is 0 Å². The van der Waals surface area contributed by atoms with Crippen LogP contribution in [-0.2, 0) is 9.59 Å². The smallest absolute Gasteiger partial charge is 0.230 e. The molecular formula is C14H19NO3. The highest BCUT2D eigenvalue weighted by molar-refractivity contribution is 6.05. The minimum atomic E-state index is -0.560. The summed E-state index contributed by atoms with van der Waals surface area (Å²) in [6, 6.07) is 0. The van der Waals surface area contributed by atoms with Crippen molar-refractivity contribution in [2.75, 3.05) is 6.54 Å². The Morgan fingerprint density at radius 2 is 1.78 bits per heavy atom. The first-order chi connectivity index (χ1) is 8.48. The highest BCUT2D eigenvalue weighted by Crippen LogP contribution is 2.59. The van der Waals surface area contributed by atoms with E-state index < -0.39 is 5.60 Å². The Morgan fingerprint density at radius 3 is 2.28 bits per heavy atom. The number of Topliss-reactive ketones (excluding diaryl/α,β-unsaturated/α-hetero) is 1. The topological polar surface area (TPSA) is 57.6 Å². The summed E-state index contributed by atoms with van der Waals surface area (Å²) in [5, 5.41) is 10.7. The zero-order chi connectivity index (χ0) is 12.5. The summed E-state index contributed by atoms with van der Waals surface area (Å²) >= 11 is 0. The third-order valence-corrected chi connectivity index (χ3v) is 5.56. The van der Waals surface area contributed by atoms with Crippen molar-refractivity contribution in [3.05, 3.63) is 0 Å². The predicted octanol–water partition coefficient (Wildman–Crippen LogP) is 0.871. The highest BCUT2D eigenvalue weighted by atomic mass is 16.3. The van der Waals surface area contributed by atoms with E-state index in [4.69, 9.17) is 0 Å². The van der Waals surface area contributed by atoms with Crippen LogP contribution in [0.15, 0.2) is 0 Å². The minimum Gasteiger partial charge on any atom is -0.390 e. The molecule has 2 atom stereocenters. The predicted molar refractivity (Wildman–Crippen MR) is 63.7 cm³/mol. The first-order valence-corrected chi connectivity index (χ1v) is 7.03. The van der Waals surface area contributed by atoms with Crippen molar-refractivity contribution in [1.82, 2.24) is 4.90 Å². The van der Waals surface area contributed by atoms with Gasteiger partial charge in [0.05, 0.1) is 18.6 Å². The third-order valence-electron chi connectivity index (χ3n) is 5.56. The normalized spacial score (nSPS) is 50.4. The Bertz CT molecular complexity index is 430. The average Bonchev–Trinajstić information content (AvgIpc) is 2.54. The van der Waals surface area contributed by atoms with Gasteiger partial charge in [-0.3, -0.25) is 9.59 Å². The molecule has 0 spiro atoms. The summed E-state index contributed by atoms with van der Waals surface area (Å²) < 4.78 is 0. The van der Waals surface area contributed by atoms with Gasteiger partial charge in [0.25, 0.3) is 0 Å².